The molecule has 2 aromatic carbocycles. The maximum atomic E-state index is 14.0. The van der Waals surface area contributed by atoms with Crippen molar-refractivity contribution in [3.8, 4) is 0 Å². The number of rotatable bonds is 6. The molecular weight excluding hydrogens is 422 g/mol. The van der Waals surface area contributed by atoms with Gasteiger partial charge < -0.3 is 9.55 Å². The number of nitrogens with zero attached hydrogens (tertiary/aromatic N) is 4. The molecule has 0 fully saturated rings. The van der Waals surface area contributed by atoms with Gasteiger partial charge in [-0.3, -0.25) is 14.7 Å². The molecule has 0 atom stereocenters. The van der Waals surface area contributed by atoms with Gasteiger partial charge in [0.25, 0.3) is 5.91 Å². The van der Waals surface area contributed by atoms with Gasteiger partial charge in [-0.05, 0) is 48.0 Å². The molecule has 3 aromatic heterocycles. The van der Waals surface area contributed by atoms with E-state index >= 15 is 0 Å². The Morgan fingerprint density at radius 3 is 2.62 bits per heavy atom. The van der Waals surface area contributed by atoms with Crippen LogP contribution in [0.1, 0.15) is 21.9 Å². The van der Waals surface area contributed by atoms with Gasteiger partial charge in [-0.25, -0.2) is 4.98 Å². The number of aromatic nitrogens is 4. The minimum absolute atomic E-state index is 0.131. The molecule has 0 aliphatic rings. The lowest BCUT2D eigenvalue weighted by Gasteiger charge is -2.23. The molecule has 0 saturated carbocycles. The number of hydrogen-bond donors (Lipinski definition) is 1. The Bertz CT molecular complexity index is 1360. The minimum Gasteiger partial charge on any atom is -0.347 e. The van der Waals surface area contributed by atoms with Crippen LogP contribution < -0.4 is 4.90 Å². The molecule has 7 heteroatoms. The van der Waals surface area contributed by atoms with Crippen LogP contribution in [0, 0.1) is 0 Å². The van der Waals surface area contributed by atoms with Crippen LogP contribution in [0.3, 0.4) is 0 Å². The van der Waals surface area contributed by atoms with Crippen LogP contribution in [0.25, 0.3) is 10.9 Å². The van der Waals surface area contributed by atoms with Gasteiger partial charge in [-0.2, -0.15) is 0 Å². The lowest BCUT2D eigenvalue weighted by Crippen LogP contribution is -2.32. The second kappa shape index (κ2) is 8.69. The fourth-order valence-electron chi connectivity index (χ4n) is 3.83. The molecular formula is C25H20ClN5O. The highest BCUT2D eigenvalue weighted by Gasteiger charge is 2.24. The van der Waals surface area contributed by atoms with E-state index < -0.39 is 0 Å². The number of aromatic amines is 1. The number of halogens is 1. The number of benzene rings is 2. The summed E-state index contributed by atoms with van der Waals surface area (Å²) in [6.45, 7) is 0.851. The third-order valence-corrected chi connectivity index (χ3v) is 5.58. The number of nitrogens with one attached hydrogen (secondary N) is 1. The Morgan fingerprint density at radius 2 is 1.84 bits per heavy atom. The number of anilines is 1. The standard InChI is InChI=1S/C25H20ClN5O/c26-20-5-3-6-21(15-20)30(17-24-28-12-13-29-24)25(32)23-14-19-4-1-2-7-22(19)31(23)16-18-8-10-27-11-9-18/h1-15H,16-17H2,(H,28,29). The number of amides is 1. The van der Waals surface area contributed by atoms with Crippen LogP contribution in [0.4, 0.5) is 5.69 Å². The molecule has 1 N–H and O–H groups in total. The van der Waals surface area contributed by atoms with Crippen LogP contribution >= 0.6 is 11.6 Å². The van der Waals surface area contributed by atoms with Gasteiger partial charge in [0.15, 0.2) is 0 Å². The molecule has 0 unspecified atom stereocenters. The maximum absolute atomic E-state index is 14.0. The first-order chi connectivity index (χ1) is 15.7. The average molecular weight is 442 g/mol. The summed E-state index contributed by atoms with van der Waals surface area (Å²) in [6, 6.07) is 21.2. The van der Waals surface area contributed by atoms with Crippen molar-refractivity contribution in [1.82, 2.24) is 19.5 Å². The second-order valence-corrected chi connectivity index (χ2v) is 7.87. The highest BCUT2D eigenvalue weighted by molar-refractivity contribution is 6.31. The molecule has 0 aliphatic carbocycles. The van der Waals surface area contributed by atoms with E-state index in [1.54, 1.807) is 41.8 Å². The number of H-pyrrole nitrogens is 1. The SMILES string of the molecule is O=C(c1cc2ccccc2n1Cc1ccncc1)N(Cc1ncc[nH]1)c1cccc(Cl)c1. The fourth-order valence-corrected chi connectivity index (χ4v) is 4.01. The highest BCUT2D eigenvalue weighted by atomic mass is 35.5. The lowest BCUT2D eigenvalue weighted by molar-refractivity contribution is 0.0976. The molecule has 158 valence electrons. The quantitative estimate of drug-likeness (QED) is 0.388. The Labute approximate surface area is 190 Å². The molecule has 3 heterocycles. The van der Waals surface area contributed by atoms with Crippen molar-refractivity contribution < 1.29 is 4.79 Å². The first kappa shape index (κ1) is 20.0. The first-order valence-corrected chi connectivity index (χ1v) is 10.6. The van der Waals surface area contributed by atoms with E-state index in [1.807, 2.05) is 59.2 Å². The molecule has 0 spiro atoms. The Balaban J connectivity index is 1.61. The topological polar surface area (TPSA) is 66.8 Å². The first-order valence-electron chi connectivity index (χ1n) is 10.2. The van der Waals surface area contributed by atoms with E-state index in [-0.39, 0.29) is 5.91 Å². The number of pyridine rings is 1. The fraction of sp³-hybridized carbons (Fsp3) is 0.0800. The van der Waals surface area contributed by atoms with Gasteiger partial charge in [0.2, 0.25) is 0 Å². The Morgan fingerprint density at radius 1 is 1.00 bits per heavy atom. The van der Waals surface area contributed by atoms with E-state index in [1.165, 1.54) is 0 Å². The van der Waals surface area contributed by atoms with Crippen molar-refractivity contribution in [1.29, 1.82) is 0 Å². The van der Waals surface area contributed by atoms with Crippen molar-refractivity contribution in [2.24, 2.45) is 0 Å². The molecule has 0 aliphatic heterocycles. The molecule has 0 radical (unpaired) electrons. The lowest BCUT2D eigenvalue weighted by atomic mass is 10.2. The van der Waals surface area contributed by atoms with Gasteiger partial charge in [0.05, 0.1) is 6.54 Å². The predicted molar refractivity (Wildman–Crippen MR) is 126 cm³/mol. The molecule has 32 heavy (non-hydrogen) atoms. The normalized spacial score (nSPS) is 11.0. The van der Waals surface area contributed by atoms with Crippen molar-refractivity contribution >= 4 is 34.1 Å². The van der Waals surface area contributed by atoms with Gasteiger partial charge >= 0.3 is 0 Å². The van der Waals surface area contributed by atoms with Crippen LogP contribution in [0.2, 0.25) is 5.02 Å². The van der Waals surface area contributed by atoms with Crippen molar-refractivity contribution in [2.45, 2.75) is 13.1 Å². The second-order valence-electron chi connectivity index (χ2n) is 7.44. The number of carbonyl (C=O) groups excluding carboxylic acids is 1. The summed E-state index contributed by atoms with van der Waals surface area (Å²) in [5.41, 5.74) is 3.36. The summed E-state index contributed by atoms with van der Waals surface area (Å²) in [5, 5.41) is 1.58. The summed E-state index contributed by atoms with van der Waals surface area (Å²) in [4.78, 5) is 27.2. The third kappa shape index (κ3) is 4.00. The minimum atomic E-state index is -0.131. The molecule has 6 nitrogen and oxygen atoms in total. The van der Waals surface area contributed by atoms with Gasteiger partial charge in [0, 0.05) is 52.9 Å². The van der Waals surface area contributed by atoms with Gasteiger partial charge in [0.1, 0.15) is 11.5 Å². The summed E-state index contributed by atoms with van der Waals surface area (Å²) in [5.74, 6) is 0.559. The molecule has 1 amide bonds. The van der Waals surface area contributed by atoms with Crippen molar-refractivity contribution in [2.75, 3.05) is 4.90 Å². The van der Waals surface area contributed by atoms with E-state index in [4.69, 9.17) is 11.6 Å². The average Bonchev–Trinajstić information content (AvgIpc) is 3.46. The molecule has 5 aromatic rings. The predicted octanol–water partition coefficient (Wildman–Crippen LogP) is 5.31. The van der Waals surface area contributed by atoms with E-state index in [0.717, 1.165) is 16.5 Å². The molecule has 5 rings (SSSR count). The smallest absolute Gasteiger partial charge is 0.275 e. The number of carbonyl (C=O) groups is 1. The van der Waals surface area contributed by atoms with E-state index in [2.05, 4.69) is 15.0 Å². The van der Waals surface area contributed by atoms with Gasteiger partial charge in [-0.15, -0.1) is 0 Å². The zero-order chi connectivity index (χ0) is 21.9. The van der Waals surface area contributed by atoms with Gasteiger partial charge in [-0.1, -0.05) is 35.9 Å². The van der Waals surface area contributed by atoms with Crippen LogP contribution in [0.15, 0.2) is 91.5 Å². The van der Waals surface area contributed by atoms with Crippen LogP contribution in [-0.4, -0.2) is 25.4 Å². The largest absolute Gasteiger partial charge is 0.347 e. The monoisotopic (exact) mass is 441 g/mol. The van der Waals surface area contributed by atoms with Crippen LogP contribution in [-0.2, 0) is 13.1 Å². The Kier molecular flexibility index (Phi) is 5.44. The third-order valence-electron chi connectivity index (χ3n) is 5.35. The summed E-state index contributed by atoms with van der Waals surface area (Å²) in [6.07, 6.45) is 6.95. The zero-order valence-corrected chi connectivity index (χ0v) is 17.9. The molecule has 0 bridgehead atoms. The van der Waals surface area contributed by atoms with Crippen molar-refractivity contribution in [3.63, 3.8) is 0 Å². The Hall–Kier alpha value is -3.90. The van der Waals surface area contributed by atoms with E-state index in [0.29, 0.717) is 35.3 Å². The van der Waals surface area contributed by atoms with Crippen molar-refractivity contribution in [3.05, 3.63) is 114 Å². The number of para-hydroxylation sites is 1. The number of hydrogen-bond acceptors (Lipinski definition) is 3. The molecule has 0 saturated heterocycles. The van der Waals surface area contributed by atoms with Crippen LogP contribution in [0.5, 0.6) is 0 Å². The summed E-state index contributed by atoms with van der Waals surface area (Å²) >= 11 is 6.25. The highest BCUT2D eigenvalue weighted by Crippen LogP contribution is 2.27. The maximum Gasteiger partial charge on any atom is 0.275 e. The van der Waals surface area contributed by atoms with E-state index in [9.17, 15) is 4.79 Å². The zero-order valence-electron chi connectivity index (χ0n) is 17.1. The summed E-state index contributed by atoms with van der Waals surface area (Å²) in [7, 11) is 0. The number of fused-ring (bicyclic) bond motifs is 1. The number of imidazole rings is 1. The summed E-state index contributed by atoms with van der Waals surface area (Å²) < 4.78 is 2.05.